The van der Waals surface area contributed by atoms with E-state index < -0.39 is 0 Å². The molecule has 26 heavy (non-hydrogen) atoms. The molecule has 1 saturated heterocycles. The van der Waals surface area contributed by atoms with Gasteiger partial charge in [0.2, 0.25) is 0 Å². The van der Waals surface area contributed by atoms with E-state index in [4.69, 9.17) is 5.73 Å². The maximum Gasteiger partial charge on any atom is 0.126 e. The highest BCUT2D eigenvalue weighted by molar-refractivity contribution is 5.74. The number of nitrogens with two attached hydrogens (primary N) is 1. The summed E-state index contributed by atoms with van der Waals surface area (Å²) in [6.07, 6.45) is 4.07. The second-order valence-electron chi connectivity index (χ2n) is 6.97. The van der Waals surface area contributed by atoms with Crippen molar-refractivity contribution >= 4 is 11.5 Å². The number of aromatic nitrogens is 2. The van der Waals surface area contributed by atoms with Crippen molar-refractivity contribution in [2.24, 2.45) is 5.92 Å². The van der Waals surface area contributed by atoms with Crippen molar-refractivity contribution in [2.45, 2.75) is 18.9 Å². The number of hydrogen-bond acceptors (Lipinski definition) is 4. The molecule has 4 rings (SSSR count). The molecular formula is C21H25N5. The van der Waals surface area contributed by atoms with E-state index in [0.717, 1.165) is 36.3 Å². The molecule has 2 unspecified atom stereocenters. The van der Waals surface area contributed by atoms with E-state index in [2.05, 4.69) is 75.4 Å². The normalized spacial score (nSPS) is 20.0. The Morgan fingerprint density at radius 2 is 1.88 bits per heavy atom. The van der Waals surface area contributed by atoms with Gasteiger partial charge in [-0.25, -0.2) is 0 Å². The Labute approximate surface area is 154 Å². The van der Waals surface area contributed by atoms with Crippen molar-refractivity contribution in [1.82, 2.24) is 15.5 Å². The van der Waals surface area contributed by atoms with E-state index in [9.17, 15) is 0 Å². The van der Waals surface area contributed by atoms with Gasteiger partial charge < -0.3 is 16.4 Å². The average Bonchev–Trinajstić information content (AvgIpc) is 3.11. The number of rotatable bonds is 5. The van der Waals surface area contributed by atoms with Gasteiger partial charge >= 0.3 is 0 Å². The van der Waals surface area contributed by atoms with E-state index in [1.807, 2.05) is 0 Å². The maximum atomic E-state index is 5.91. The van der Waals surface area contributed by atoms with Crippen LogP contribution in [0, 0.1) is 5.92 Å². The van der Waals surface area contributed by atoms with Crippen LogP contribution in [0.3, 0.4) is 0 Å². The largest absolute Gasteiger partial charge is 0.384 e. The summed E-state index contributed by atoms with van der Waals surface area (Å²) >= 11 is 0. The molecule has 5 nitrogen and oxygen atoms in total. The summed E-state index contributed by atoms with van der Waals surface area (Å²) < 4.78 is 0. The molecule has 5 heteroatoms. The van der Waals surface area contributed by atoms with Gasteiger partial charge in [-0.3, -0.25) is 5.10 Å². The van der Waals surface area contributed by atoms with E-state index in [1.54, 1.807) is 6.20 Å². The molecule has 5 N–H and O–H groups in total. The van der Waals surface area contributed by atoms with Gasteiger partial charge in [0.1, 0.15) is 5.82 Å². The first kappa shape index (κ1) is 16.7. The number of nitrogens with one attached hydrogen (secondary N) is 3. The number of hydrogen-bond donors (Lipinski definition) is 4. The van der Waals surface area contributed by atoms with E-state index >= 15 is 0 Å². The molecular weight excluding hydrogens is 322 g/mol. The SMILES string of the molecule is Nc1[nH]ncc1-c1ccc(NC2CNCCC2Cc2ccccc2)cc1. The third kappa shape index (κ3) is 3.73. The lowest BCUT2D eigenvalue weighted by atomic mass is 9.86. The predicted octanol–water partition coefficient (Wildman–Crippen LogP) is 3.29. The number of nitrogen functional groups attached to an aromatic ring is 1. The fourth-order valence-corrected chi connectivity index (χ4v) is 3.73. The number of piperidine rings is 1. The topological polar surface area (TPSA) is 78.8 Å². The molecule has 0 bridgehead atoms. The van der Waals surface area contributed by atoms with Crippen LogP contribution in [0.2, 0.25) is 0 Å². The smallest absolute Gasteiger partial charge is 0.126 e. The third-order valence-corrected chi connectivity index (χ3v) is 5.18. The van der Waals surface area contributed by atoms with Crippen LogP contribution in [0.25, 0.3) is 11.1 Å². The zero-order valence-electron chi connectivity index (χ0n) is 14.8. The Hall–Kier alpha value is -2.79. The summed E-state index contributed by atoms with van der Waals surface area (Å²) in [6, 6.07) is 19.6. The van der Waals surface area contributed by atoms with Gasteiger partial charge in [0, 0.05) is 23.8 Å². The van der Waals surface area contributed by atoms with Gasteiger partial charge in [0.15, 0.2) is 0 Å². The summed E-state index contributed by atoms with van der Waals surface area (Å²) in [7, 11) is 0. The molecule has 2 atom stereocenters. The van der Waals surface area contributed by atoms with Crippen molar-refractivity contribution in [2.75, 3.05) is 24.1 Å². The van der Waals surface area contributed by atoms with Crippen LogP contribution >= 0.6 is 0 Å². The zero-order chi connectivity index (χ0) is 17.8. The molecule has 3 aromatic rings. The standard InChI is InChI=1S/C21H25N5/c22-21-19(13-24-26-21)16-6-8-18(9-7-16)25-20-14-23-11-10-17(20)12-15-4-2-1-3-5-15/h1-9,13,17,20,23,25H,10-12,14H2,(H3,22,24,26). The number of benzene rings is 2. The summed E-state index contributed by atoms with van der Waals surface area (Å²) in [5.41, 5.74) is 10.5. The molecule has 1 aromatic heterocycles. The number of H-pyrrole nitrogens is 1. The minimum atomic E-state index is 0.425. The van der Waals surface area contributed by atoms with Gasteiger partial charge in [0.25, 0.3) is 0 Å². The van der Waals surface area contributed by atoms with Crippen LogP contribution in [0.5, 0.6) is 0 Å². The molecule has 2 aromatic carbocycles. The second kappa shape index (κ2) is 7.62. The van der Waals surface area contributed by atoms with E-state index in [0.29, 0.717) is 17.8 Å². The van der Waals surface area contributed by atoms with Crippen LogP contribution in [-0.4, -0.2) is 29.3 Å². The summed E-state index contributed by atoms with van der Waals surface area (Å²) in [5.74, 6) is 1.23. The Kier molecular flexibility index (Phi) is 4.88. The third-order valence-electron chi connectivity index (χ3n) is 5.18. The number of anilines is 2. The highest BCUT2D eigenvalue weighted by Crippen LogP contribution is 2.27. The van der Waals surface area contributed by atoms with Gasteiger partial charge in [0.05, 0.1) is 6.20 Å². The zero-order valence-corrected chi connectivity index (χ0v) is 14.8. The van der Waals surface area contributed by atoms with Gasteiger partial charge in [-0.05, 0) is 48.6 Å². The maximum absolute atomic E-state index is 5.91. The van der Waals surface area contributed by atoms with Crippen molar-refractivity contribution in [3.8, 4) is 11.1 Å². The van der Waals surface area contributed by atoms with Crippen LogP contribution in [-0.2, 0) is 6.42 Å². The summed E-state index contributed by atoms with van der Waals surface area (Å²) in [5, 5.41) is 14.0. The lowest BCUT2D eigenvalue weighted by Gasteiger charge is -2.33. The van der Waals surface area contributed by atoms with Gasteiger partial charge in [-0.1, -0.05) is 42.5 Å². The first-order valence-electron chi connectivity index (χ1n) is 9.20. The molecule has 1 fully saturated rings. The van der Waals surface area contributed by atoms with Crippen LogP contribution in [0.4, 0.5) is 11.5 Å². The van der Waals surface area contributed by atoms with Crippen molar-refractivity contribution in [3.05, 3.63) is 66.4 Å². The molecule has 0 amide bonds. The molecule has 2 heterocycles. The first-order chi connectivity index (χ1) is 12.8. The molecule has 1 aliphatic rings. The lowest BCUT2D eigenvalue weighted by Crippen LogP contribution is -2.45. The summed E-state index contributed by atoms with van der Waals surface area (Å²) in [4.78, 5) is 0. The Morgan fingerprint density at radius 1 is 1.08 bits per heavy atom. The molecule has 134 valence electrons. The Morgan fingerprint density at radius 3 is 2.62 bits per heavy atom. The van der Waals surface area contributed by atoms with Gasteiger partial charge in [-0.15, -0.1) is 0 Å². The van der Waals surface area contributed by atoms with Crippen LogP contribution in [0.15, 0.2) is 60.8 Å². The number of nitrogens with zero attached hydrogens (tertiary/aromatic N) is 1. The van der Waals surface area contributed by atoms with Crippen LogP contribution in [0.1, 0.15) is 12.0 Å². The lowest BCUT2D eigenvalue weighted by molar-refractivity contribution is 0.340. The Bertz CT molecular complexity index is 825. The monoisotopic (exact) mass is 347 g/mol. The molecule has 0 saturated carbocycles. The number of aromatic amines is 1. The van der Waals surface area contributed by atoms with Gasteiger partial charge in [-0.2, -0.15) is 5.10 Å². The highest BCUT2D eigenvalue weighted by Gasteiger charge is 2.25. The fourth-order valence-electron chi connectivity index (χ4n) is 3.73. The highest BCUT2D eigenvalue weighted by atomic mass is 15.1. The average molecular weight is 347 g/mol. The Balaban J connectivity index is 1.45. The molecule has 0 aliphatic carbocycles. The predicted molar refractivity (Wildman–Crippen MR) is 107 cm³/mol. The first-order valence-corrected chi connectivity index (χ1v) is 9.20. The molecule has 0 radical (unpaired) electrons. The van der Waals surface area contributed by atoms with Crippen LogP contribution < -0.4 is 16.4 Å². The molecule has 0 spiro atoms. The second-order valence-corrected chi connectivity index (χ2v) is 6.97. The van der Waals surface area contributed by atoms with E-state index in [-0.39, 0.29) is 0 Å². The van der Waals surface area contributed by atoms with Crippen molar-refractivity contribution in [1.29, 1.82) is 0 Å². The molecule has 1 aliphatic heterocycles. The fraction of sp³-hybridized carbons (Fsp3) is 0.286. The van der Waals surface area contributed by atoms with Crippen molar-refractivity contribution in [3.63, 3.8) is 0 Å². The quantitative estimate of drug-likeness (QED) is 0.571. The van der Waals surface area contributed by atoms with E-state index in [1.165, 1.54) is 12.0 Å². The summed E-state index contributed by atoms with van der Waals surface area (Å²) in [6.45, 7) is 2.09. The van der Waals surface area contributed by atoms with Crippen molar-refractivity contribution < 1.29 is 0 Å². The minimum absolute atomic E-state index is 0.425. The minimum Gasteiger partial charge on any atom is -0.384 e.